The average Bonchev–Trinajstić information content (AvgIpc) is 3.12. The van der Waals surface area contributed by atoms with Gasteiger partial charge in [-0.1, -0.05) is 12.1 Å². The zero-order valence-electron chi connectivity index (χ0n) is 10.3. The highest BCUT2D eigenvalue weighted by atomic mass is 79.9. The Bertz CT molecular complexity index is 433. The Balaban J connectivity index is 1.95. The highest BCUT2D eigenvalue weighted by Gasteiger charge is 2.23. The van der Waals surface area contributed by atoms with Crippen LogP contribution in [-0.4, -0.2) is 25.6 Å². The molecule has 18 heavy (non-hydrogen) atoms. The Hall–Kier alpha value is -1.07. The van der Waals surface area contributed by atoms with E-state index in [1.165, 1.54) is 0 Å². The standard InChI is InChI=1S/C13H17BrN2O2/c1-15-7-9-3-2-4-11(14)13(9)18-8-12(17)16-10-5-6-10/h2-4,10,15H,5-8H2,1H3,(H,16,17). The summed E-state index contributed by atoms with van der Waals surface area (Å²) in [6.45, 7) is 0.773. The van der Waals surface area contributed by atoms with Crippen LogP contribution in [0.25, 0.3) is 0 Å². The molecule has 5 heteroatoms. The van der Waals surface area contributed by atoms with Gasteiger partial charge in [-0.2, -0.15) is 0 Å². The van der Waals surface area contributed by atoms with E-state index in [0.29, 0.717) is 12.6 Å². The third-order valence-electron chi connectivity index (χ3n) is 2.71. The Morgan fingerprint density at radius 1 is 1.50 bits per heavy atom. The van der Waals surface area contributed by atoms with E-state index in [0.717, 1.165) is 28.6 Å². The lowest BCUT2D eigenvalue weighted by molar-refractivity contribution is -0.123. The molecule has 0 spiro atoms. The van der Waals surface area contributed by atoms with Crippen molar-refractivity contribution >= 4 is 21.8 Å². The quantitative estimate of drug-likeness (QED) is 0.842. The average molecular weight is 313 g/mol. The summed E-state index contributed by atoms with van der Waals surface area (Å²) in [6.07, 6.45) is 2.18. The lowest BCUT2D eigenvalue weighted by Crippen LogP contribution is -2.30. The first-order valence-electron chi connectivity index (χ1n) is 6.05. The third kappa shape index (κ3) is 3.71. The van der Waals surface area contributed by atoms with Crippen LogP contribution in [0, 0.1) is 0 Å². The normalized spacial score (nSPS) is 14.3. The van der Waals surface area contributed by atoms with Gasteiger partial charge < -0.3 is 15.4 Å². The Labute approximate surface area is 115 Å². The molecule has 4 nitrogen and oxygen atoms in total. The summed E-state index contributed by atoms with van der Waals surface area (Å²) in [6, 6.07) is 6.22. The van der Waals surface area contributed by atoms with Crippen LogP contribution >= 0.6 is 15.9 Å². The molecule has 0 radical (unpaired) electrons. The first-order chi connectivity index (χ1) is 8.70. The fourth-order valence-electron chi connectivity index (χ4n) is 1.68. The van der Waals surface area contributed by atoms with Crippen molar-refractivity contribution < 1.29 is 9.53 Å². The minimum atomic E-state index is -0.0522. The molecule has 0 aliphatic heterocycles. The van der Waals surface area contributed by atoms with Crippen molar-refractivity contribution in [3.63, 3.8) is 0 Å². The van der Waals surface area contributed by atoms with E-state index in [4.69, 9.17) is 4.74 Å². The third-order valence-corrected chi connectivity index (χ3v) is 3.33. The van der Waals surface area contributed by atoms with E-state index >= 15 is 0 Å². The SMILES string of the molecule is CNCc1cccc(Br)c1OCC(=O)NC1CC1. The summed E-state index contributed by atoms with van der Waals surface area (Å²) in [5, 5.41) is 5.98. The first-order valence-corrected chi connectivity index (χ1v) is 6.84. The van der Waals surface area contributed by atoms with Crippen LogP contribution in [0.1, 0.15) is 18.4 Å². The second kappa shape index (κ2) is 6.20. The van der Waals surface area contributed by atoms with E-state index < -0.39 is 0 Å². The molecule has 1 fully saturated rings. The number of rotatable bonds is 6. The van der Waals surface area contributed by atoms with E-state index in [9.17, 15) is 4.79 Å². The van der Waals surface area contributed by atoms with Crippen LogP contribution in [-0.2, 0) is 11.3 Å². The molecular formula is C13H17BrN2O2. The van der Waals surface area contributed by atoms with Crippen molar-refractivity contribution in [3.05, 3.63) is 28.2 Å². The molecule has 0 bridgehead atoms. The maximum atomic E-state index is 11.6. The molecule has 1 saturated carbocycles. The van der Waals surface area contributed by atoms with Gasteiger partial charge in [0.25, 0.3) is 5.91 Å². The minimum absolute atomic E-state index is 0.0522. The molecule has 1 aromatic carbocycles. The topological polar surface area (TPSA) is 50.4 Å². The summed E-state index contributed by atoms with van der Waals surface area (Å²) in [5.74, 6) is 0.682. The molecule has 0 heterocycles. The van der Waals surface area contributed by atoms with Gasteiger partial charge in [0.1, 0.15) is 5.75 Å². The predicted molar refractivity (Wildman–Crippen MR) is 73.6 cm³/mol. The molecule has 0 saturated heterocycles. The number of hydrogen-bond acceptors (Lipinski definition) is 3. The van der Waals surface area contributed by atoms with Gasteiger partial charge in [0.15, 0.2) is 6.61 Å². The number of nitrogens with one attached hydrogen (secondary N) is 2. The maximum absolute atomic E-state index is 11.6. The molecule has 1 aromatic rings. The van der Waals surface area contributed by atoms with Crippen molar-refractivity contribution in [2.24, 2.45) is 0 Å². The summed E-state index contributed by atoms with van der Waals surface area (Å²) < 4.78 is 6.48. The van der Waals surface area contributed by atoms with Gasteiger partial charge in [0.2, 0.25) is 0 Å². The minimum Gasteiger partial charge on any atom is -0.482 e. The zero-order chi connectivity index (χ0) is 13.0. The summed E-state index contributed by atoms with van der Waals surface area (Å²) in [5.41, 5.74) is 1.03. The molecule has 2 rings (SSSR count). The number of hydrogen-bond donors (Lipinski definition) is 2. The highest BCUT2D eigenvalue weighted by Crippen LogP contribution is 2.29. The van der Waals surface area contributed by atoms with E-state index in [1.807, 2.05) is 25.2 Å². The predicted octanol–water partition coefficient (Wildman–Crippen LogP) is 1.83. The van der Waals surface area contributed by atoms with Crippen molar-refractivity contribution in [2.75, 3.05) is 13.7 Å². The number of ether oxygens (including phenoxy) is 1. The van der Waals surface area contributed by atoms with Gasteiger partial charge >= 0.3 is 0 Å². The fourth-order valence-corrected chi connectivity index (χ4v) is 2.20. The van der Waals surface area contributed by atoms with Gasteiger partial charge in [-0.05, 0) is 41.9 Å². The number of halogens is 1. The molecule has 0 aromatic heterocycles. The monoisotopic (exact) mass is 312 g/mol. The van der Waals surface area contributed by atoms with Crippen LogP contribution in [0.5, 0.6) is 5.75 Å². The van der Waals surface area contributed by atoms with Crippen molar-refractivity contribution in [2.45, 2.75) is 25.4 Å². The van der Waals surface area contributed by atoms with Crippen LogP contribution in [0.3, 0.4) is 0 Å². The molecular weight excluding hydrogens is 296 g/mol. The Kier molecular flexibility index (Phi) is 4.60. The highest BCUT2D eigenvalue weighted by molar-refractivity contribution is 9.10. The summed E-state index contributed by atoms with van der Waals surface area (Å²) in [4.78, 5) is 11.6. The maximum Gasteiger partial charge on any atom is 0.258 e. The van der Waals surface area contributed by atoms with Crippen LogP contribution < -0.4 is 15.4 Å². The molecule has 98 valence electrons. The van der Waals surface area contributed by atoms with Crippen molar-refractivity contribution in [1.82, 2.24) is 10.6 Å². The van der Waals surface area contributed by atoms with E-state index in [1.54, 1.807) is 0 Å². The van der Waals surface area contributed by atoms with Gasteiger partial charge in [0.05, 0.1) is 4.47 Å². The summed E-state index contributed by atoms with van der Waals surface area (Å²) >= 11 is 3.45. The van der Waals surface area contributed by atoms with Gasteiger partial charge in [0, 0.05) is 18.2 Å². The number of carbonyl (C=O) groups is 1. The largest absolute Gasteiger partial charge is 0.482 e. The second-order valence-corrected chi connectivity index (χ2v) is 5.24. The number of amides is 1. The number of carbonyl (C=O) groups excluding carboxylic acids is 1. The van der Waals surface area contributed by atoms with E-state index in [2.05, 4.69) is 26.6 Å². The molecule has 0 atom stereocenters. The van der Waals surface area contributed by atoms with Crippen LogP contribution in [0.15, 0.2) is 22.7 Å². The number of benzene rings is 1. The fraction of sp³-hybridized carbons (Fsp3) is 0.462. The smallest absolute Gasteiger partial charge is 0.258 e. The Morgan fingerprint density at radius 3 is 2.94 bits per heavy atom. The second-order valence-electron chi connectivity index (χ2n) is 4.39. The zero-order valence-corrected chi connectivity index (χ0v) is 11.9. The van der Waals surface area contributed by atoms with Crippen molar-refractivity contribution in [1.29, 1.82) is 0 Å². The molecule has 2 N–H and O–H groups in total. The lowest BCUT2D eigenvalue weighted by Gasteiger charge is -2.13. The van der Waals surface area contributed by atoms with Crippen LogP contribution in [0.4, 0.5) is 0 Å². The number of para-hydroxylation sites is 1. The molecule has 0 unspecified atom stereocenters. The lowest BCUT2D eigenvalue weighted by atomic mass is 10.2. The van der Waals surface area contributed by atoms with Crippen molar-refractivity contribution in [3.8, 4) is 5.75 Å². The van der Waals surface area contributed by atoms with Crippen LogP contribution in [0.2, 0.25) is 0 Å². The first kappa shape index (κ1) is 13.4. The molecule has 1 amide bonds. The Morgan fingerprint density at radius 2 is 2.28 bits per heavy atom. The molecule has 1 aliphatic rings. The molecule has 1 aliphatic carbocycles. The van der Waals surface area contributed by atoms with E-state index in [-0.39, 0.29) is 12.5 Å². The van der Waals surface area contributed by atoms with Gasteiger partial charge in [-0.25, -0.2) is 0 Å². The summed E-state index contributed by atoms with van der Waals surface area (Å²) in [7, 11) is 1.88. The van der Waals surface area contributed by atoms with Gasteiger partial charge in [-0.3, -0.25) is 4.79 Å². The van der Waals surface area contributed by atoms with Gasteiger partial charge in [-0.15, -0.1) is 0 Å².